The van der Waals surface area contributed by atoms with Gasteiger partial charge in [-0.2, -0.15) is 0 Å². The van der Waals surface area contributed by atoms with Gasteiger partial charge < -0.3 is 15.2 Å². The molecule has 1 fully saturated rings. The zero-order valence-electron chi connectivity index (χ0n) is 10.9. The Morgan fingerprint density at radius 1 is 1.31 bits per heavy atom. The summed E-state index contributed by atoms with van der Waals surface area (Å²) in [5.74, 6) is 0. The fourth-order valence-electron chi connectivity index (χ4n) is 1.71. The van der Waals surface area contributed by atoms with Crippen molar-refractivity contribution in [1.82, 2.24) is 5.32 Å². The van der Waals surface area contributed by atoms with E-state index >= 15 is 0 Å². The Morgan fingerprint density at radius 3 is 2.12 bits per heavy atom. The fraction of sp³-hybridized carbons (Fsp3) is 0.917. The van der Waals surface area contributed by atoms with Gasteiger partial charge in [0.1, 0.15) is 5.60 Å². The summed E-state index contributed by atoms with van der Waals surface area (Å²) in [6.07, 6.45) is 1.49. The van der Waals surface area contributed by atoms with Crippen LogP contribution in [0.4, 0.5) is 4.79 Å². The molecule has 0 unspecified atom stereocenters. The third kappa shape index (κ3) is 3.37. The van der Waals surface area contributed by atoms with E-state index in [2.05, 4.69) is 5.32 Å². The quantitative estimate of drug-likeness (QED) is 0.778. The largest absolute Gasteiger partial charge is 0.444 e. The topological polar surface area (TPSA) is 58.6 Å². The van der Waals surface area contributed by atoms with Crippen LogP contribution in [0.2, 0.25) is 0 Å². The summed E-state index contributed by atoms with van der Waals surface area (Å²) < 4.78 is 5.14. The minimum Gasteiger partial charge on any atom is -0.444 e. The monoisotopic (exact) mass is 229 g/mol. The van der Waals surface area contributed by atoms with E-state index in [1.165, 1.54) is 0 Å². The lowest BCUT2D eigenvalue weighted by molar-refractivity contribution is -0.000172. The predicted molar refractivity (Wildman–Crippen MR) is 62.2 cm³/mol. The van der Waals surface area contributed by atoms with Crippen LogP contribution in [-0.4, -0.2) is 28.9 Å². The van der Waals surface area contributed by atoms with Crippen molar-refractivity contribution >= 4 is 6.09 Å². The number of rotatable bonds is 3. The van der Waals surface area contributed by atoms with Crippen molar-refractivity contribution in [2.45, 2.75) is 58.7 Å². The number of carbonyl (C=O) groups is 1. The molecule has 94 valence electrons. The van der Waals surface area contributed by atoms with Gasteiger partial charge in [-0.05, 0) is 47.5 Å². The maximum Gasteiger partial charge on any atom is 0.407 e. The summed E-state index contributed by atoms with van der Waals surface area (Å²) in [6, 6.07) is 0. The molecule has 4 heteroatoms. The molecule has 1 saturated carbocycles. The molecule has 0 saturated heterocycles. The maximum atomic E-state index is 11.4. The molecular formula is C12H23NO3. The molecule has 0 aliphatic heterocycles. The van der Waals surface area contributed by atoms with E-state index < -0.39 is 17.3 Å². The first kappa shape index (κ1) is 13.3. The van der Waals surface area contributed by atoms with Crippen molar-refractivity contribution in [3.05, 3.63) is 0 Å². The summed E-state index contributed by atoms with van der Waals surface area (Å²) in [6.45, 7) is 9.54. The van der Waals surface area contributed by atoms with Gasteiger partial charge >= 0.3 is 6.09 Å². The molecular weight excluding hydrogens is 206 g/mol. The highest BCUT2D eigenvalue weighted by molar-refractivity contribution is 5.67. The summed E-state index contributed by atoms with van der Waals surface area (Å²) in [4.78, 5) is 11.4. The van der Waals surface area contributed by atoms with Crippen molar-refractivity contribution in [3.63, 3.8) is 0 Å². The van der Waals surface area contributed by atoms with Crippen LogP contribution in [-0.2, 0) is 4.74 Å². The number of hydrogen-bond acceptors (Lipinski definition) is 3. The molecule has 1 aliphatic rings. The number of aliphatic hydroxyl groups is 1. The lowest BCUT2D eigenvalue weighted by Gasteiger charge is -2.30. The van der Waals surface area contributed by atoms with Crippen LogP contribution >= 0.6 is 0 Å². The van der Waals surface area contributed by atoms with Crippen LogP contribution in [0.3, 0.4) is 0 Å². The molecule has 0 aromatic rings. The van der Waals surface area contributed by atoms with Gasteiger partial charge in [0.25, 0.3) is 0 Å². The first-order valence-electron chi connectivity index (χ1n) is 5.75. The van der Waals surface area contributed by atoms with Gasteiger partial charge in [-0.1, -0.05) is 0 Å². The molecule has 0 heterocycles. The molecule has 0 bridgehead atoms. The minimum absolute atomic E-state index is 0.163. The van der Waals surface area contributed by atoms with Crippen LogP contribution in [0.25, 0.3) is 0 Å². The molecule has 1 rings (SSSR count). The fourth-order valence-corrected chi connectivity index (χ4v) is 1.71. The third-order valence-corrected chi connectivity index (χ3v) is 3.12. The van der Waals surface area contributed by atoms with Crippen molar-refractivity contribution < 1.29 is 14.6 Å². The molecule has 1 amide bonds. The van der Waals surface area contributed by atoms with E-state index in [0.29, 0.717) is 6.54 Å². The van der Waals surface area contributed by atoms with E-state index in [0.717, 1.165) is 12.8 Å². The Balaban J connectivity index is 2.39. The Bertz CT molecular complexity index is 269. The Hall–Kier alpha value is -0.770. The number of amides is 1. The predicted octanol–water partition coefficient (Wildman–Crippen LogP) is 2.06. The second kappa shape index (κ2) is 3.91. The van der Waals surface area contributed by atoms with Gasteiger partial charge in [0.2, 0.25) is 0 Å². The van der Waals surface area contributed by atoms with Gasteiger partial charge in [0.15, 0.2) is 0 Å². The minimum atomic E-state index is -0.748. The number of hydrogen-bond donors (Lipinski definition) is 2. The SMILES string of the molecule is CC(C)(C)OC(=O)NCC1(C(C)(C)O)CC1. The molecule has 1 aliphatic carbocycles. The van der Waals surface area contributed by atoms with Crippen molar-refractivity contribution in [2.75, 3.05) is 6.54 Å². The van der Waals surface area contributed by atoms with Gasteiger partial charge in [-0.15, -0.1) is 0 Å². The summed E-state index contributed by atoms with van der Waals surface area (Å²) in [5, 5.41) is 12.7. The van der Waals surface area contributed by atoms with Gasteiger partial charge in [-0.25, -0.2) is 4.79 Å². The van der Waals surface area contributed by atoms with E-state index in [-0.39, 0.29) is 5.41 Å². The number of nitrogens with one attached hydrogen (secondary N) is 1. The lowest BCUT2D eigenvalue weighted by atomic mass is 9.87. The van der Waals surface area contributed by atoms with Gasteiger partial charge in [-0.3, -0.25) is 0 Å². The van der Waals surface area contributed by atoms with Crippen molar-refractivity contribution in [3.8, 4) is 0 Å². The highest BCUT2D eigenvalue weighted by Gasteiger charge is 2.53. The second-order valence-electron chi connectivity index (χ2n) is 6.19. The molecule has 2 N–H and O–H groups in total. The molecule has 4 nitrogen and oxygen atoms in total. The zero-order valence-corrected chi connectivity index (χ0v) is 10.9. The summed E-state index contributed by atoms with van der Waals surface area (Å²) in [5.41, 5.74) is -1.39. The molecule has 0 spiro atoms. The molecule has 0 atom stereocenters. The lowest BCUT2D eigenvalue weighted by Crippen LogP contribution is -2.43. The normalized spacial score (nSPS) is 19.1. The average Bonchev–Trinajstić information content (AvgIpc) is 2.75. The van der Waals surface area contributed by atoms with Crippen LogP contribution in [0.15, 0.2) is 0 Å². The summed E-state index contributed by atoms with van der Waals surface area (Å²) in [7, 11) is 0. The van der Waals surface area contributed by atoms with Crippen LogP contribution < -0.4 is 5.32 Å². The van der Waals surface area contributed by atoms with E-state index in [9.17, 15) is 9.90 Å². The average molecular weight is 229 g/mol. The number of alkyl carbamates (subject to hydrolysis) is 1. The Kier molecular flexibility index (Phi) is 3.25. The molecule has 16 heavy (non-hydrogen) atoms. The second-order valence-corrected chi connectivity index (χ2v) is 6.19. The van der Waals surface area contributed by atoms with Crippen LogP contribution in [0.1, 0.15) is 47.5 Å². The first-order valence-corrected chi connectivity index (χ1v) is 5.75. The van der Waals surface area contributed by atoms with Crippen molar-refractivity contribution in [1.29, 1.82) is 0 Å². The smallest absolute Gasteiger partial charge is 0.407 e. The zero-order chi connectivity index (χ0) is 12.6. The van der Waals surface area contributed by atoms with E-state index in [1.54, 1.807) is 13.8 Å². The summed E-state index contributed by atoms with van der Waals surface area (Å²) >= 11 is 0. The third-order valence-electron chi connectivity index (χ3n) is 3.12. The molecule has 0 aromatic heterocycles. The molecule has 0 aromatic carbocycles. The van der Waals surface area contributed by atoms with Crippen molar-refractivity contribution in [2.24, 2.45) is 5.41 Å². The van der Waals surface area contributed by atoms with Crippen LogP contribution in [0, 0.1) is 5.41 Å². The Labute approximate surface area is 97.4 Å². The van der Waals surface area contributed by atoms with Gasteiger partial charge in [0.05, 0.1) is 5.60 Å². The maximum absolute atomic E-state index is 11.4. The number of carbonyl (C=O) groups excluding carboxylic acids is 1. The Morgan fingerprint density at radius 2 is 1.81 bits per heavy atom. The first-order chi connectivity index (χ1) is 7.06. The standard InChI is InChI=1S/C12H23NO3/c1-10(2,3)16-9(14)13-8-12(6-7-12)11(4,5)15/h15H,6-8H2,1-5H3,(H,13,14). The van der Waals surface area contributed by atoms with Gasteiger partial charge in [0, 0.05) is 12.0 Å². The molecule has 0 radical (unpaired) electrons. The highest BCUT2D eigenvalue weighted by atomic mass is 16.6. The van der Waals surface area contributed by atoms with Crippen LogP contribution in [0.5, 0.6) is 0 Å². The number of ether oxygens (including phenoxy) is 1. The highest BCUT2D eigenvalue weighted by Crippen LogP contribution is 2.53. The van der Waals surface area contributed by atoms with E-state index in [1.807, 2.05) is 20.8 Å². The van der Waals surface area contributed by atoms with E-state index in [4.69, 9.17) is 4.74 Å².